The van der Waals surface area contributed by atoms with E-state index in [4.69, 9.17) is 10.3 Å². The molecule has 1 aromatic carbocycles. The third kappa shape index (κ3) is 9.63. The van der Waals surface area contributed by atoms with Gasteiger partial charge in [-0.05, 0) is 70.0 Å². The number of carboxylic acids is 1. The van der Waals surface area contributed by atoms with Gasteiger partial charge in [0.25, 0.3) is 10.1 Å². The fraction of sp³-hybridized carbons (Fsp3) is 0.565. The van der Waals surface area contributed by atoms with Crippen molar-refractivity contribution in [2.75, 3.05) is 6.54 Å². The quantitative estimate of drug-likeness (QED) is 0.485. The first-order chi connectivity index (χ1) is 15.1. The Kier molecular flexibility index (Phi) is 11.7. The third-order valence-corrected chi connectivity index (χ3v) is 6.81. The van der Waals surface area contributed by atoms with Gasteiger partial charge in [0.2, 0.25) is 0 Å². The molecule has 1 atom stereocenters. The summed E-state index contributed by atoms with van der Waals surface area (Å²) in [4.78, 5) is 15.6. The first kappa shape index (κ1) is 28.8. The van der Waals surface area contributed by atoms with E-state index in [-0.39, 0.29) is 16.3 Å². The van der Waals surface area contributed by atoms with E-state index in [2.05, 4.69) is 16.5 Å². The van der Waals surface area contributed by atoms with Crippen molar-refractivity contribution in [3.63, 3.8) is 0 Å². The second-order valence-electron chi connectivity index (χ2n) is 8.68. The molecule has 2 aromatic rings. The zero-order chi connectivity index (χ0) is 23.7. The Bertz CT molecular complexity index is 951. The molecule has 0 radical (unpaired) electrons. The largest absolute Gasteiger partial charge is 0.481 e. The number of carboxylic acid groups (broad SMARTS) is 1. The molecule has 10 heteroatoms. The Labute approximate surface area is 196 Å². The summed E-state index contributed by atoms with van der Waals surface area (Å²) < 4.78 is 31.7. The predicted octanol–water partition coefficient (Wildman–Crippen LogP) is 3.03. The summed E-state index contributed by atoms with van der Waals surface area (Å²) in [5.74, 6) is -0.287. The average molecular weight is 484 g/mol. The van der Waals surface area contributed by atoms with Crippen molar-refractivity contribution in [1.82, 2.24) is 9.55 Å². The van der Waals surface area contributed by atoms with Gasteiger partial charge in [-0.1, -0.05) is 24.6 Å². The lowest BCUT2D eigenvalue weighted by Gasteiger charge is -2.26. The zero-order valence-corrected chi connectivity index (χ0v) is 20.2. The lowest BCUT2D eigenvalue weighted by atomic mass is 9.87. The van der Waals surface area contributed by atoms with Crippen LogP contribution in [0.4, 0.5) is 0 Å². The highest BCUT2D eigenvalue weighted by atomic mass is 32.2. The molecule has 0 amide bonds. The lowest BCUT2D eigenvalue weighted by Crippen LogP contribution is -2.18. The van der Waals surface area contributed by atoms with Gasteiger partial charge in [-0.15, -0.1) is 0 Å². The third-order valence-electron chi connectivity index (χ3n) is 5.94. The van der Waals surface area contributed by atoms with Gasteiger partial charge in [-0.2, -0.15) is 8.42 Å². The minimum Gasteiger partial charge on any atom is -0.481 e. The van der Waals surface area contributed by atoms with Crippen LogP contribution in [0.1, 0.15) is 62.7 Å². The number of nitrogens with two attached hydrogens (primary N) is 1. The SMILES string of the molecule is C[C@H]1CC[C@H](n2cnc(C[C@H](CCCN)C(=O)O)c2)CC1.Cc1ccc(S(=O)(=O)O)cc1.O. The number of aliphatic carboxylic acids is 1. The van der Waals surface area contributed by atoms with Crippen LogP contribution in [0.5, 0.6) is 0 Å². The molecule has 0 unspecified atom stereocenters. The summed E-state index contributed by atoms with van der Waals surface area (Å²) in [5, 5.41) is 9.27. The minimum atomic E-state index is -4.02. The fourth-order valence-corrected chi connectivity index (χ4v) is 4.35. The second-order valence-corrected chi connectivity index (χ2v) is 10.1. The maximum atomic E-state index is 11.3. The number of rotatable bonds is 8. The van der Waals surface area contributed by atoms with Gasteiger partial charge < -0.3 is 20.9 Å². The van der Waals surface area contributed by atoms with Crippen LogP contribution in [-0.2, 0) is 21.3 Å². The molecule has 9 nitrogen and oxygen atoms in total. The number of nitrogens with zero attached hydrogens (tertiary/aromatic N) is 2. The number of benzene rings is 1. The number of aryl methyl sites for hydroxylation is 1. The summed E-state index contributed by atoms with van der Waals surface area (Å²) in [6.45, 7) is 4.69. The Morgan fingerprint density at radius 2 is 1.82 bits per heavy atom. The normalized spacial score (nSPS) is 19.0. The van der Waals surface area contributed by atoms with Crippen LogP contribution >= 0.6 is 0 Å². The molecule has 3 rings (SSSR count). The van der Waals surface area contributed by atoms with Crippen LogP contribution in [0.2, 0.25) is 0 Å². The molecule has 0 saturated heterocycles. The molecule has 1 aromatic heterocycles. The van der Waals surface area contributed by atoms with E-state index in [0.29, 0.717) is 25.4 Å². The highest BCUT2D eigenvalue weighted by molar-refractivity contribution is 7.85. The van der Waals surface area contributed by atoms with Crippen molar-refractivity contribution in [2.24, 2.45) is 17.6 Å². The molecule has 1 aliphatic carbocycles. The van der Waals surface area contributed by atoms with Crippen LogP contribution in [0.25, 0.3) is 0 Å². The van der Waals surface area contributed by atoms with Crippen molar-refractivity contribution in [2.45, 2.75) is 69.7 Å². The zero-order valence-electron chi connectivity index (χ0n) is 19.4. The number of imidazole rings is 1. The standard InChI is InChI=1S/C16H27N3O2.C7H8O3S.H2O/c1-12-4-6-15(7-5-12)19-10-14(18-11-19)9-13(16(20)21)3-2-8-17;1-6-2-4-7(5-3-6)11(8,9)10;/h10-13,15H,2-9,17H2,1H3,(H,20,21);2-5H,1H3,(H,8,9,10);1H2/t12-,13-,15-;;/m0../s1. The molecule has 1 heterocycles. The van der Waals surface area contributed by atoms with Crippen LogP contribution in [-0.4, -0.2) is 45.6 Å². The van der Waals surface area contributed by atoms with E-state index in [1.807, 2.05) is 19.4 Å². The first-order valence-electron chi connectivity index (χ1n) is 11.1. The van der Waals surface area contributed by atoms with Crippen molar-refractivity contribution < 1.29 is 28.3 Å². The first-order valence-corrected chi connectivity index (χ1v) is 12.5. The summed E-state index contributed by atoms with van der Waals surface area (Å²) in [7, 11) is -4.02. The van der Waals surface area contributed by atoms with Gasteiger partial charge in [-0.25, -0.2) is 4.98 Å². The summed E-state index contributed by atoms with van der Waals surface area (Å²) in [6.07, 6.45) is 10.7. The number of aromatic nitrogens is 2. The molecule has 1 aliphatic rings. The molecule has 0 aliphatic heterocycles. The Morgan fingerprint density at radius 1 is 1.21 bits per heavy atom. The van der Waals surface area contributed by atoms with E-state index in [1.165, 1.54) is 37.8 Å². The Hall–Kier alpha value is -2.27. The van der Waals surface area contributed by atoms with Gasteiger partial charge in [0.05, 0.1) is 22.8 Å². The van der Waals surface area contributed by atoms with E-state index < -0.39 is 16.1 Å². The maximum Gasteiger partial charge on any atom is 0.306 e. The fourth-order valence-electron chi connectivity index (χ4n) is 3.87. The lowest BCUT2D eigenvalue weighted by molar-refractivity contribution is -0.142. The van der Waals surface area contributed by atoms with Crippen LogP contribution in [0.3, 0.4) is 0 Å². The molecule has 0 bridgehead atoms. The number of carbonyl (C=O) groups is 1. The van der Waals surface area contributed by atoms with E-state index in [1.54, 1.807) is 12.1 Å². The van der Waals surface area contributed by atoms with E-state index in [0.717, 1.165) is 23.6 Å². The highest BCUT2D eigenvalue weighted by Crippen LogP contribution is 2.31. The molecule has 0 spiro atoms. The Morgan fingerprint density at radius 3 is 2.33 bits per heavy atom. The monoisotopic (exact) mass is 483 g/mol. The average Bonchev–Trinajstić information content (AvgIpc) is 3.20. The van der Waals surface area contributed by atoms with Crippen molar-refractivity contribution in [3.05, 3.63) is 48.0 Å². The molecule has 6 N–H and O–H groups in total. The second kappa shape index (κ2) is 13.4. The van der Waals surface area contributed by atoms with Crippen LogP contribution in [0.15, 0.2) is 41.7 Å². The molecule has 1 saturated carbocycles. The van der Waals surface area contributed by atoms with Gasteiger partial charge in [-0.3, -0.25) is 9.35 Å². The van der Waals surface area contributed by atoms with Gasteiger partial charge in [0.1, 0.15) is 0 Å². The number of hydrogen-bond donors (Lipinski definition) is 3. The van der Waals surface area contributed by atoms with Crippen molar-refractivity contribution in [1.29, 1.82) is 0 Å². The van der Waals surface area contributed by atoms with Gasteiger partial charge in [0.15, 0.2) is 0 Å². The summed E-state index contributed by atoms with van der Waals surface area (Å²) in [5.41, 5.74) is 7.31. The van der Waals surface area contributed by atoms with Crippen LogP contribution in [0, 0.1) is 18.8 Å². The number of hydrogen-bond acceptors (Lipinski definition) is 5. The van der Waals surface area contributed by atoms with Gasteiger partial charge >= 0.3 is 5.97 Å². The highest BCUT2D eigenvalue weighted by Gasteiger charge is 2.22. The van der Waals surface area contributed by atoms with Crippen molar-refractivity contribution >= 4 is 16.1 Å². The summed E-state index contributed by atoms with van der Waals surface area (Å²) in [6, 6.07) is 6.52. The molecular formula is C23H37N3O6S. The predicted molar refractivity (Wildman–Crippen MR) is 127 cm³/mol. The maximum absolute atomic E-state index is 11.3. The summed E-state index contributed by atoms with van der Waals surface area (Å²) >= 11 is 0. The minimum absolute atomic E-state index is 0. The van der Waals surface area contributed by atoms with E-state index in [9.17, 15) is 18.3 Å². The Balaban J connectivity index is 0.000000385. The molecule has 33 heavy (non-hydrogen) atoms. The molecule has 186 valence electrons. The van der Waals surface area contributed by atoms with E-state index >= 15 is 0 Å². The van der Waals surface area contributed by atoms with Crippen LogP contribution < -0.4 is 5.73 Å². The smallest absolute Gasteiger partial charge is 0.306 e. The van der Waals surface area contributed by atoms with Crippen molar-refractivity contribution in [3.8, 4) is 0 Å². The molecular weight excluding hydrogens is 446 g/mol. The molecule has 1 fully saturated rings. The van der Waals surface area contributed by atoms with Gasteiger partial charge in [0, 0.05) is 18.7 Å². The topological polar surface area (TPSA) is 167 Å².